The van der Waals surface area contributed by atoms with Crippen LogP contribution in [-0.4, -0.2) is 57.9 Å². The molecule has 0 heterocycles. The van der Waals surface area contributed by atoms with Gasteiger partial charge in [-0.3, -0.25) is 14.4 Å². The van der Waals surface area contributed by atoms with Gasteiger partial charge in [0.1, 0.15) is 0 Å². The van der Waals surface area contributed by atoms with Crippen molar-refractivity contribution in [3.8, 4) is 11.5 Å². The minimum atomic E-state index is -0.889. The maximum atomic E-state index is 12.4. The van der Waals surface area contributed by atoms with E-state index in [-0.39, 0.29) is 12.5 Å². The van der Waals surface area contributed by atoms with Crippen LogP contribution in [0.5, 0.6) is 11.5 Å². The minimum Gasteiger partial charge on any atom is -0.493 e. The third-order valence-corrected chi connectivity index (χ3v) is 5.24. The number of aryl methyl sites for hydroxylation is 2. The number of amides is 3. The van der Waals surface area contributed by atoms with Crippen LogP contribution in [0.15, 0.2) is 39.9 Å². The Morgan fingerprint density at radius 1 is 1.09 bits per heavy atom. The van der Waals surface area contributed by atoms with E-state index in [4.69, 9.17) is 14.2 Å². The first kappa shape index (κ1) is 27.8. The Morgan fingerprint density at radius 3 is 2.54 bits per heavy atom. The molecule has 188 valence electrons. The van der Waals surface area contributed by atoms with Gasteiger partial charge >= 0.3 is 11.8 Å². The van der Waals surface area contributed by atoms with Gasteiger partial charge in [0, 0.05) is 25.9 Å². The number of carbonyl (C=O) groups excluding carboxylic acids is 3. The average molecular weight is 549 g/mol. The molecule has 10 nitrogen and oxygen atoms in total. The third kappa shape index (κ3) is 9.02. The number of halogens is 1. The molecule has 35 heavy (non-hydrogen) atoms. The third-order valence-electron chi connectivity index (χ3n) is 4.65. The van der Waals surface area contributed by atoms with E-state index in [1.54, 1.807) is 19.2 Å². The first-order valence-electron chi connectivity index (χ1n) is 10.7. The fourth-order valence-corrected chi connectivity index (χ4v) is 3.52. The van der Waals surface area contributed by atoms with Gasteiger partial charge in [-0.05, 0) is 65.5 Å². The Hall–Kier alpha value is -3.44. The zero-order valence-corrected chi connectivity index (χ0v) is 21.7. The second-order valence-electron chi connectivity index (χ2n) is 7.49. The maximum absolute atomic E-state index is 12.4. The van der Waals surface area contributed by atoms with E-state index in [1.165, 1.54) is 13.3 Å². The van der Waals surface area contributed by atoms with E-state index >= 15 is 0 Å². The van der Waals surface area contributed by atoms with Crippen molar-refractivity contribution in [2.45, 2.75) is 20.3 Å². The highest BCUT2D eigenvalue weighted by Gasteiger charge is 2.15. The van der Waals surface area contributed by atoms with Crippen LogP contribution in [0.2, 0.25) is 0 Å². The van der Waals surface area contributed by atoms with E-state index in [9.17, 15) is 14.4 Å². The van der Waals surface area contributed by atoms with Gasteiger partial charge in [0.15, 0.2) is 18.1 Å². The van der Waals surface area contributed by atoms with Gasteiger partial charge < -0.3 is 24.8 Å². The lowest BCUT2D eigenvalue weighted by Gasteiger charge is -2.14. The van der Waals surface area contributed by atoms with E-state index in [0.29, 0.717) is 46.8 Å². The van der Waals surface area contributed by atoms with Crippen LogP contribution < -0.4 is 25.5 Å². The van der Waals surface area contributed by atoms with Gasteiger partial charge in [0.25, 0.3) is 5.91 Å². The van der Waals surface area contributed by atoms with E-state index in [1.807, 2.05) is 32.0 Å². The number of ether oxygens (including phenoxy) is 3. The normalized spacial score (nSPS) is 10.7. The molecule has 0 saturated carbocycles. The molecular weight excluding hydrogens is 520 g/mol. The molecule has 0 aliphatic carbocycles. The number of hydrazone groups is 1. The van der Waals surface area contributed by atoms with Gasteiger partial charge in [-0.1, -0.05) is 17.7 Å². The Balaban J connectivity index is 1.95. The molecule has 0 bridgehead atoms. The van der Waals surface area contributed by atoms with Gasteiger partial charge in [-0.25, -0.2) is 5.43 Å². The highest BCUT2D eigenvalue weighted by Crippen LogP contribution is 2.36. The number of hydrogen-bond acceptors (Lipinski definition) is 7. The lowest BCUT2D eigenvalue weighted by Crippen LogP contribution is -2.38. The van der Waals surface area contributed by atoms with Crippen LogP contribution >= 0.6 is 15.9 Å². The smallest absolute Gasteiger partial charge is 0.329 e. The summed E-state index contributed by atoms with van der Waals surface area (Å²) >= 11 is 3.40. The maximum Gasteiger partial charge on any atom is 0.329 e. The first-order chi connectivity index (χ1) is 16.7. The molecule has 0 atom stereocenters. The predicted octanol–water partition coefficient (Wildman–Crippen LogP) is 2.69. The van der Waals surface area contributed by atoms with Gasteiger partial charge in [-0.15, -0.1) is 0 Å². The minimum absolute atomic E-state index is 0.231. The Kier molecular flexibility index (Phi) is 11.2. The molecule has 3 amide bonds. The number of rotatable bonds is 11. The van der Waals surface area contributed by atoms with Crippen molar-refractivity contribution in [2.24, 2.45) is 5.10 Å². The molecule has 3 N–H and O–H groups in total. The molecule has 11 heteroatoms. The highest BCUT2D eigenvalue weighted by molar-refractivity contribution is 9.10. The molecule has 0 aliphatic rings. The lowest BCUT2D eigenvalue weighted by molar-refractivity contribution is -0.139. The zero-order valence-electron chi connectivity index (χ0n) is 20.1. The summed E-state index contributed by atoms with van der Waals surface area (Å²) in [6.07, 6.45) is 1.94. The summed E-state index contributed by atoms with van der Waals surface area (Å²) < 4.78 is 16.4. The summed E-state index contributed by atoms with van der Waals surface area (Å²) in [5, 5.41) is 9.08. The fourth-order valence-electron chi connectivity index (χ4n) is 2.95. The standard InChI is InChI=1S/C24H29BrN4O6/c1-15-6-7-19(16(2)10-15)28-21(30)14-35-22-18(25)11-17(12-20(22)34-4)13-27-29-24(32)23(31)26-8-5-9-33-3/h6-7,10-13H,5,8-9,14H2,1-4H3,(H,26,31)(H,28,30)(H,29,32)/b27-13-. The van der Waals surface area contributed by atoms with Crippen molar-refractivity contribution < 1.29 is 28.6 Å². The molecule has 2 aromatic carbocycles. The quantitative estimate of drug-likeness (QED) is 0.171. The number of nitrogens with one attached hydrogen (secondary N) is 3. The summed E-state index contributed by atoms with van der Waals surface area (Å²) in [6.45, 7) is 4.47. The lowest BCUT2D eigenvalue weighted by atomic mass is 10.1. The predicted molar refractivity (Wildman–Crippen MR) is 136 cm³/mol. The Morgan fingerprint density at radius 2 is 1.86 bits per heavy atom. The van der Waals surface area contributed by atoms with Crippen LogP contribution in [0.25, 0.3) is 0 Å². The molecular formula is C24H29BrN4O6. The molecule has 0 radical (unpaired) electrons. The van der Waals surface area contributed by atoms with Gasteiger partial charge in [-0.2, -0.15) is 5.10 Å². The molecule has 0 spiro atoms. The molecule has 2 aromatic rings. The number of methoxy groups -OCH3 is 2. The molecule has 0 aliphatic heterocycles. The molecule has 0 aromatic heterocycles. The molecule has 2 rings (SSSR count). The summed E-state index contributed by atoms with van der Waals surface area (Å²) in [5.74, 6) is -1.32. The number of anilines is 1. The molecule has 0 fully saturated rings. The van der Waals surface area contributed by atoms with Gasteiger partial charge in [0.05, 0.1) is 17.8 Å². The number of carbonyl (C=O) groups is 3. The van der Waals surface area contributed by atoms with Crippen molar-refractivity contribution in [1.29, 1.82) is 0 Å². The van der Waals surface area contributed by atoms with Crippen molar-refractivity contribution >= 4 is 45.6 Å². The topological polar surface area (TPSA) is 127 Å². The second-order valence-corrected chi connectivity index (χ2v) is 8.35. The van der Waals surface area contributed by atoms with Crippen molar-refractivity contribution in [2.75, 3.05) is 39.3 Å². The number of benzene rings is 2. The van der Waals surface area contributed by atoms with Crippen LogP contribution in [0, 0.1) is 13.8 Å². The van der Waals surface area contributed by atoms with Crippen molar-refractivity contribution in [3.05, 3.63) is 51.5 Å². The Bertz CT molecular complexity index is 1090. The fraction of sp³-hybridized carbons (Fsp3) is 0.333. The largest absolute Gasteiger partial charge is 0.493 e. The highest BCUT2D eigenvalue weighted by atomic mass is 79.9. The Labute approximate surface area is 212 Å². The summed E-state index contributed by atoms with van der Waals surface area (Å²) in [7, 11) is 3.01. The van der Waals surface area contributed by atoms with Crippen LogP contribution in [-0.2, 0) is 19.1 Å². The second kappa shape index (κ2) is 14.1. The zero-order chi connectivity index (χ0) is 25.8. The van der Waals surface area contributed by atoms with Gasteiger partial charge in [0.2, 0.25) is 0 Å². The molecule has 0 unspecified atom stereocenters. The average Bonchev–Trinajstić information content (AvgIpc) is 2.82. The van der Waals surface area contributed by atoms with Crippen molar-refractivity contribution in [3.63, 3.8) is 0 Å². The van der Waals surface area contributed by atoms with Crippen molar-refractivity contribution in [1.82, 2.24) is 10.7 Å². The van der Waals surface area contributed by atoms with E-state index in [2.05, 4.69) is 37.1 Å². The van der Waals surface area contributed by atoms with E-state index in [0.717, 1.165) is 11.1 Å². The van der Waals surface area contributed by atoms with Crippen LogP contribution in [0.4, 0.5) is 5.69 Å². The van der Waals surface area contributed by atoms with E-state index < -0.39 is 11.8 Å². The number of hydrogen-bond donors (Lipinski definition) is 3. The van der Waals surface area contributed by atoms with Crippen LogP contribution in [0.1, 0.15) is 23.1 Å². The summed E-state index contributed by atoms with van der Waals surface area (Å²) in [5.41, 5.74) is 5.50. The molecule has 0 saturated heterocycles. The summed E-state index contributed by atoms with van der Waals surface area (Å²) in [6, 6.07) is 9.02. The SMILES string of the molecule is COCCCNC(=O)C(=O)N/N=C\c1cc(Br)c(OCC(=O)Nc2ccc(C)cc2C)c(OC)c1. The van der Waals surface area contributed by atoms with Crippen LogP contribution in [0.3, 0.4) is 0 Å². The summed E-state index contributed by atoms with van der Waals surface area (Å²) in [4.78, 5) is 35.9. The first-order valence-corrected chi connectivity index (χ1v) is 11.5. The monoisotopic (exact) mass is 548 g/mol. The number of nitrogens with zero attached hydrogens (tertiary/aromatic N) is 1.